The highest BCUT2D eigenvalue weighted by molar-refractivity contribution is 9.09. The molecule has 0 aliphatic heterocycles. The lowest BCUT2D eigenvalue weighted by atomic mass is 9.85. The van der Waals surface area contributed by atoms with Gasteiger partial charge < -0.3 is 32.5 Å². The molecular formula is C58H111Br2N3O2. The fraction of sp³-hybridized carbons (Fsp3) is 0.638. The third kappa shape index (κ3) is 45.0. The Bertz CT molecular complexity index is 1330. The second-order valence-corrected chi connectivity index (χ2v) is 17.5. The zero-order valence-corrected chi connectivity index (χ0v) is 42.5. The predicted molar refractivity (Wildman–Crippen MR) is 303 cm³/mol. The summed E-state index contributed by atoms with van der Waals surface area (Å²) in [6, 6.07) is 17.4. The van der Waals surface area contributed by atoms with Crippen molar-refractivity contribution < 1.29 is 26.6 Å². The first-order chi connectivity index (χ1) is 27.5. The minimum Gasteiger partial charge on any atom is -1.00 e. The molecule has 0 spiro atoms. The number of unbranched alkanes of at least 4 members (excludes halogenated alkanes) is 4. The van der Waals surface area contributed by atoms with Crippen molar-refractivity contribution in [3.05, 3.63) is 103 Å². The molecule has 2 aromatic rings. The van der Waals surface area contributed by atoms with E-state index in [2.05, 4.69) is 131 Å². The molecule has 0 heterocycles. The molecule has 3 unspecified atom stereocenters. The highest BCUT2D eigenvalue weighted by atomic mass is 79.9. The Morgan fingerprint density at radius 2 is 1.20 bits per heavy atom. The van der Waals surface area contributed by atoms with Gasteiger partial charge in [-0.2, -0.15) is 0 Å². The molecule has 0 aromatic heterocycles. The van der Waals surface area contributed by atoms with Gasteiger partial charge in [-0.3, -0.25) is 9.59 Å². The van der Waals surface area contributed by atoms with Crippen molar-refractivity contribution in [3.63, 3.8) is 0 Å². The maximum absolute atomic E-state index is 12.5. The highest BCUT2D eigenvalue weighted by Gasteiger charge is 2.26. The monoisotopic (exact) mass is 1040 g/mol. The van der Waals surface area contributed by atoms with Crippen LogP contribution in [0.4, 0.5) is 0 Å². The third-order valence-electron chi connectivity index (χ3n) is 10.3. The maximum atomic E-state index is 12.5. The largest absolute Gasteiger partial charge is 1.00 e. The molecule has 7 heteroatoms. The van der Waals surface area contributed by atoms with Crippen molar-refractivity contribution in [2.45, 2.75) is 195 Å². The number of nitrogens with one attached hydrogen (secondary N) is 2. The van der Waals surface area contributed by atoms with Gasteiger partial charge in [0.25, 0.3) is 0 Å². The quantitative estimate of drug-likeness (QED) is 0.0451. The van der Waals surface area contributed by atoms with Crippen molar-refractivity contribution in [1.82, 2.24) is 15.5 Å². The van der Waals surface area contributed by atoms with Gasteiger partial charge >= 0.3 is 0 Å². The standard InChI is InChI=1S/C29H49NO.C10H10.C9H18N2O.C4H9Br.6CH4.BrH/c1-8-24(5)26-17-19-27(20-18-26)25(9-2)16-12-10-11-13-21-29(6,7)28(31)30-22-14-15-23(3)4;1-3-9-5-7-10(4-2)8-6-9;1-8(2)9(12)10-6-5-7-11(3)4;1-2-3-4-5;;;;;;;/h17-20,23-25H,3,8-16,21-22H2,1-2,4-7H3;3-8H,1-2H2;1,5-7H2,2-4H3,(H,10,12);2-4H2,1H3;6*1H4;1H. The Morgan fingerprint density at radius 1 is 0.723 bits per heavy atom. The Morgan fingerprint density at radius 3 is 1.58 bits per heavy atom. The van der Waals surface area contributed by atoms with Crippen LogP contribution < -0.4 is 27.6 Å². The fourth-order valence-corrected chi connectivity index (χ4v) is 6.47. The maximum Gasteiger partial charge on any atom is 0.246 e. The summed E-state index contributed by atoms with van der Waals surface area (Å²) < 4.78 is 0. The number of hydrogen-bond donors (Lipinski definition) is 2. The van der Waals surface area contributed by atoms with Gasteiger partial charge in [0.1, 0.15) is 0 Å². The number of carbonyl (C=O) groups is 2. The number of amides is 2. The van der Waals surface area contributed by atoms with E-state index >= 15 is 0 Å². The van der Waals surface area contributed by atoms with E-state index in [-0.39, 0.29) is 78.8 Å². The number of alkyl halides is 1. The summed E-state index contributed by atoms with van der Waals surface area (Å²) in [5.41, 5.74) is 5.56. The predicted octanol–water partition coefficient (Wildman–Crippen LogP) is 15.0. The summed E-state index contributed by atoms with van der Waals surface area (Å²) in [5.74, 6) is 1.94. The number of nitrogens with zero attached hydrogens (tertiary/aromatic N) is 1. The van der Waals surface area contributed by atoms with Gasteiger partial charge in [0.15, 0.2) is 0 Å². The van der Waals surface area contributed by atoms with E-state index < -0.39 is 0 Å². The number of benzene rings is 2. The molecule has 2 N–H and O–H groups in total. The second kappa shape index (κ2) is 52.4. The molecule has 5 nitrogen and oxygen atoms in total. The second-order valence-electron chi connectivity index (χ2n) is 16.7. The molecule has 0 aliphatic carbocycles. The molecule has 0 aliphatic rings. The molecule has 2 amide bonds. The lowest BCUT2D eigenvalue weighted by Gasteiger charge is -2.23. The van der Waals surface area contributed by atoms with Crippen molar-refractivity contribution in [2.24, 2.45) is 11.3 Å². The third-order valence-corrected chi connectivity index (χ3v) is 10.9. The van der Waals surface area contributed by atoms with E-state index in [0.29, 0.717) is 23.3 Å². The van der Waals surface area contributed by atoms with Crippen LogP contribution in [0.3, 0.4) is 0 Å². The number of rotatable bonds is 25. The Labute approximate surface area is 428 Å². The lowest BCUT2D eigenvalue weighted by Crippen LogP contribution is -3.00. The first-order valence-corrected chi connectivity index (χ1v) is 23.4. The van der Waals surface area contributed by atoms with E-state index in [1.165, 1.54) is 62.5 Å². The molecule has 0 radical (unpaired) electrons. The van der Waals surface area contributed by atoms with Gasteiger partial charge in [0.2, 0.25) is 11.8 Å². The van der Waals surface area contributed by atoms with Crippen molar-refractivity contribution in [3.8, 4) is 0 Å². The zero-order chi connectivity index (χ0) is 44.4. The molecule has 2 rings (SSSR count). The molecule has 0 saturated carbocycles. The summed E-state index contributed by atoms with van der Waals surface area (Å²) in [5, 5.41) is 7.05. The Hall–Kier alpha value is -2.61. The average Bonchev–Trinajstić information content (AvgIpc) is 3.21. The van der Waals surface area contributed by atoms with E-state index in [0.717, 1.165) is 68.2 Å². The van der Waals surface area contributed by atoms with Crippen molar-refractivity contribution in [1.29, 1.82) is 0 Å². The molecule has 384 valence electrons. The van der Waals surface area contributed by atoms with Crippen LogP contribution in [0.1, 0.15) is 218 Å². The van der Waals surface area contributed by atoms with Crippen LogP contribution in [0.5, 0.6) is 0 Å². The number of carbonyl (C=O) groups excluding carboxylic acids is 2. The first kappa shape index (κ1) is 82.5. The van der Waals surface area contributed by atoms with Crippen LogP contribution >= 0.6 is 15.9 Å². The molecule has 0 fully saturated rings. The summed E-state index contributed by atoms with van der Waals surface area (Å²) in [7, 11) is 4.03. The van der Waals surface area contributed by atoms with E-state index in [4.69, 9.17) is 0 Å². The summed E-state index contributed by atoms with van der Waals surface area (Å²) >= 11 is 3.31. The van der Waals surface area contributed by atoms with Gasteiger partial charge in [-0.25, -0.2) is 0 Å². The lowest BCUT2D eigenvalue weighted by molar-refractivity contribution is -0.129. The van der Waals surface area contributed by atoms with E-state index in [1.54, 1.807) is 6.92 Å². The minimum absolute atomic E-state index is 0. The van der Waals surface area contributed by atoms with Gasteiger partial charge in [0.05, 0.1) is 12.8 Å². The van der Waals surface area contributed by atoms with Crippen molar-refractivity contribution in [2.75, 3.05) is 39.1 Å². The van der Waals surface area contributed by atoms with Gasteiger partial charge in [0, 0.05) is 29.4 Å². The molecule has 2 aromatic carbocycles. The first-order valence-electron chi connectivity index (χ1n) is 22.2. The summed E-state index contributed by atoms with van der Waals surface area (Å²) in [4.78, 5) is 25.5. The van der Waals surface area contributed by atoms with Crippen LogP contribution in [0.15, 0.2) is 73.8 Å². The molecule has 3 atom stereocenters. The van der Waals surface area contributed by atoms with Crippen LogP contribution in [0.2, 0.25) is 0 Å². The molecule has 0 saturated heterocycles. The van der Waals surface area contributed by atoms with Crippen molar-refractivity contribution >= 4 is 39.9 Å². The van der Waals surface area contributed by atoms with Gasteiger partial charge in [-0.05, 0) is 120 Å². The molecular weight excluding hydrogens is 930 g/mol. The molecule has 65 heavy (non-hydrogen) atoms. The Kier molecular flexibility index (Phi) is 66.4. The van der Waals surface area contributed by atoms with E-state index in [9.17, 15) is 9.59 Å². The fourth-order valence-electron chi connectivity index (χ4n) is 5.91. The number of halogens is 2. The Balaban J connectivity index is -0.000000109. The van der Waals surface area contributed by atoms with Crippen LogP contribution in [-0.4, -0.2) is 55.8 Å². The summed E-state index contributed by atoms with van der Waals surface area (Å²) in [6.45, 7) is 34.4. The topological polar surface area (TPSA) is 61.4 Å². The number of hydrogen-bond acceptors (Lipinski definition) is 3. The molecule has 0 bridgehead atoms. The normalized spacial score (nSPS) is 10.9. The van der Waals surface area contributed by atoms with Crippen LogP contribution in [0.25, 0.3) is 12.2 Å². The summed E-state index contributed by atoms with van der Waals surface area (Å²) in [6.07, 6.45) is 18.9. The smallest absolute Gasteiger partial charge is 0.246 e. The van der Waals surface area contributed by atoms with E-state index in [1.807, 2.05) is 50.5 Å². The van der Waals surface area contributed by atoms with Gasteiger partial charge in [-0.15, -0.1) is 0 Å². The average molecular weight is 1040 g/mol. The minimum atomic E-state index is -0.264. The van der Waals surface area contributed by atoms with Gasteiger partial charge in [-0.1, -0.05) is 215 Å². The SMILES string of the molecule is C.C.C.C.C.C.C=C(C)C(=O)NCCCN(C)C.C=Cc1ccc(C=C)cc1.CCCCBr.[Br-].[CH2+]C(C)CCCNC(=O)C(C)(C)CCCCCCC(CC)c1ccc(C(C)CC)cc1. The highest BCUT2D eigenvalue weighted by Crippen LogP contribution is 2.29. The van der Waals surface area contributed by atoms with Crippen LogP contribution in [-0.2, 0) is 9.59 Å². The van der Waals surface area contributed by atoms with Crippen LogP contribution in [0, 0.1) is 18.3 Å². The zero-order valence-electron chi connectivity index (χ0n) is 39.4.